The molecule has 1 spiro atoms. The largest absolute Gasteiger partial charge is 0.480 e. The van der Waals surface area contributed by atoms with Crippen LogP contribution in [0.15, 0.2) is 42.5 Å². The summed E-state index contributed by atoms with van der Waals surface area (Å²) in [6, 6.07) is 16.4. The number of carboxylic acid groups (broad SMARTS) is 1. The van der Waals surface area contributed by atoms with Gasteiger partial charge in [0.1, 0.15) is 6.07 Å². The minimum Gasteiger partial charge on any atom is -0.480 e. The van der Waals surface area contributed by atoms with Crippen molar-refractivity contribution in [2.24, 2.45) is 11.3 Å². The van der Waals surface area contributed by atoms with Gasteiger partial charge < -0.3 is 14.9 Å². The molecule has 1 N–H and O–H groups in total. The first-order valence-electron chi connectivity index (χ1n) is 13.6. The van der Waals surface area contributed by atoms with Crippen molar-refractivity contribution in [1.29, 1.82) is 5.26 Å². The molecule has 0 radical (unpaired) electrons. The number of nitriles is 1. The van der Waals surface area contributed by atoms with Crippen LogP contribution in [0.3, 0.4) is 0 Å². The average molecular weight is 535 g/mol. The lowest BCUT2D eigenvalue weighted by atomic mass is 9.76. The molecule has 0 aliphatic carbocycles. The Hall–Kier alpha value is -3.08. The molecule has 38 heavy (non-hydrogen) atoms. The summed E-state index contributed by atoms with van der Waals surface area (Å²) >= 11 is 6.32. The Kier molecular flexibility index (Phi) is 7.65. The third kappa shape index (κ3) is 5.52. The maximum atomic E-state index is 13.0. The van der Waals surface area contributed by atoms with Crippen molar-refractivity contribution in [3.05, 3.63) is 58.6 Å². The number of hydrogen-bond donors (Lipinski definition) is 1. The highest BCUT2D eigenvalue weighted by Crippen LogP contribution is 2.46. The maximum absolute atomic E-state index is 13.0. The second-order valence-corrected chi connectivity index (χ2v) is 11.7. The van der Waals surface area contributed by atoms with E-state index in [1.165, 1.54) is 0 Å². The minimum atomic E-state index is -0.815. The van der Waals surface area contributed by atoms with Crippen LogP contribution in [0.2, 0.25) is 5.02 Å². The predicted octanol–water partition coefficient (Wildman–Crippen LogP) is 5.08. The summed E-state index contributed by atoms with van der Waals surface area (Å²) in [7, 11) is 0. The number of carboxylic acids is 1. The fraction of sp³-hybridized carbons (Fsp3) is 0.500. The van der Waals surface area contributed by atoms with Crippen molar-refractivity contribution in [3.63, 3.8) is 0 Å². The molecule has 2 aromatic rings. The Bertz CT molecular complexity index is 1230. The van der Waals surface area contributed by atoms with Crippen molar-refractivity contribution in [3.8, 4) is 6.07 Å². The number of ketones is 1. The lowest BCUT2D eigenvalue weighted by Crippen LogP contribution is -2.41. The van der Waals surface area contributed by atoms with Crippen molar-refractivity contribution >= 4 is 34.7 Å². The number of aliphatic carboxylic acids is 1. The number of piperidine rings is 2. The van der Waals surface area contributed by atoms with E-state index in [2.05, 4.69) is 34.9 Å². The fourth-order valence-electron chi connectivity index (χ4n) is 6.66. The summed E-state index contributed by atoms with van der Waals surface area (Å²) in [6.07, 6.45) is 4.82. The molecule has 5 rings (SSSR count). The summed E-state index contributed by atoms with van der Waals surface area (Å²) < 4.78 is 0. The molecular weight excluding hydrogens is 500 g/mol. The molecule has 3 aliphatic rings. The van der Waals surface area contributed by atoms with Gasteiger partial charge in [-0.15, -0.1) is 0 Å². The summed E-state index contributed by atoms with van der Waals surface area (Å²) in [5.41, 5.74) is 3.80. The number of anilines is 2. The van der Waals surface area contributed by atoms with Crippen molar-refractivity contribution in [2.45, 2.75) is 45.1 Å². The van der Waals surface area contributed by atoms with E-state index < -0.39 is 5.97 Å². The van der Waals surface area contributed by atoms with Crippen molar-refractivity contribution < 1.29 is 14.7 Å². The molecule has 3 saturated heterocycles. The van der Waals surface area contributed by atoms with Gasteiger partial charge >= 0.3 is 5.97 Å². The van der Waals surface area contributed by atoms with Crippen LogP contribution >= 0.6 is 11.6 Å². The standard InChI is InChI=1S/C30H35ClN4O3/c1-21-17-30(20-35(21)26-7-4-24(18-32)27(31)16-26)10-14-34(15-11-30)25-5-2-22(3-6-25)29(38)23-8-12-33(13-9-23)19-28(36)37/h2-7,16,21,23H,8-15,17,19-20H2,1H3,(H,36,37). The molecule has 8 heteroatoms. The van der Waals surface area contributed by atoms with Crippen molar-refractivity contribution in [1.82, 2.24) is 4.90 Å². The summed E-state index contributed by atoms with van der Waals surface area (Å²) in [5, 5.41) is 18.7. The number of hydrogen-bond acceptors (Lipinski definition) is 6. The zero-order valence-corrected chi connectivity index (χ0v) is 22.7. The lowest BCUT2D eigenvalue weighted by molar-refractivity contribution is -0.138. The molecule has 7 nitrogen and oxygen atoms in total. The number of Topliss-reactive ketones (excluding diaryl/α,β-unsaturated/α-hetero) is 1. The van der Waals surface area contributed by atoms with E-state index in [1.807, 2.05) is 35.2 Å². The van der Waals surface area contributed by atoms with E-state index in [9.17, 15) is 14.9 Å². The Balaban J connectivity index is 1.16. The fourth-order valence-corrected chi connectivity index (χ4v) is 6.87. The van der Waals surface area contributed by atoms with Crippen LogP contribution < -0.4 is 9.80 Å². The average Bonchev–Trinajstić information content (AvgIpc) is 3.24. The van der Waals surface area contributed by atoms with E-state index in [0.29, 0.717) is 42.6 Å². The Morgan fingerprint density at radius 2 is 1.71 bits per heavy atom. The number of rotatable bonds is 6. The molecule has 3 aliphatic heterocycles. The second-order valence-electron chi connectivity index (χ2n) is 11.3. The second kappa shape index (κ2) is 11.0. The Labute approximate surface area is 229 Å². The van der Waals surface area contributed by atoms with Crippen molar-refractivity contribution in [2.75, 3.05) is 49.1 Å². The summed E-state index contributed by atoms with van der Waals surface area (Å²) in [5.74, 6) is -0.670. The van der Waals surface area contributed by atoms with Crippen LogP contribution in [0.4, 0.5) is 11.4 Å². The number of nitrogens with zero attached hydrogens (tertiary/aromatic N) is 4. The predicted molar refractivity (Wildman–Crippen MR) is 149 cm³/mol. The highest BCUT2D eigenvalue weighted by Gasteiger charge is 2.44. The number of benzene rings is 2. The normalized spacial score (nSPS) is 22.0. The monoisotopic (exact) mass is 534 g/mol. The molecule has 0 aromatic heterocycles. The Morgan fingerprint density at radius 1 is 1.05 bits per heavy atom. The van der Waals surface area contributed by atoms with Gasteiger partial charge in [-0.3, -0.25) is 14.5 Å². The molecule has 1 unspecified atom stereocenters. The molecule has 200 valence electrons. The molecule has 3 fully saturated rings. The maximum Gasteiger partial charge on any atom is 0.317 e. The SMILES string of the molecule is CC1CC2(CCN(c3ccc(C(=O)C4CCN(CC(=O)O)CC4)cc3)CC2)CN1c1ccc(C#N)c(Cl)c1. The highest BCUT2D eigenvalue weighted by atomic mass is 35.5. The van der Waals surface area contributed by atoms with Crippen LogP contribution in [-0.2, 0) is 4.79 Å². The first kappa shape index (κ1) is 26.5. The van der Waals surface area contributed by atoms with E-state index in [1.54, 1.807) is 0 Å². The lowest BCUT2D eigenvalue weighted by Gasteiger charge is -2.40. The first-order chi connectivity index (χ1) is 18.3. The first-order valence-corrected chi connectivity index (χ1v) is 13.9. The van der Waals surface area contributed by atoms with Gasteiger partial charge in [0.15, 0.2) is 5.78 Å². The summed E-state index contributed by atoms with van der Waals surface area (Å²) in [4.78, 5) is 30.7. The molecule has 2 aromatic carbocycles. The topological polar surface area (TPSA) is 87.9 Å². The molecule has 3 heterocycles. The Morgan fingerprint density at radius 3 is 2.32 bits per heavy atom. The smallest absolute Gasteiger partial charge is 0.317 e. The zero-order chi connectivity index (χ0) is 26.9. The van der Waals surface area contributed by atoms with E-state index >= 15 is 0 Å². The highest BCUT2D eigenvalue weighted by molar-refractivity contribution is 6.32. The number of halogens is 1. The molecular formula is C30H35ClN4O3. The van der Waals surface area contributed by atoms with E-state index in [0.717, 1.165) is 55.8 Å². The summed E-state index contributed by atoms with van der Waals surface area (Å²) in [6.45, 7) is 6.62. The zero-order valence-electron chi connectivity index (χ0n) is 21.9. The van der Waals surface area contributed by atoms with Crippen LogP contribution in [0, 0.1) is 22.7 Å². The molecule has 0 amide bonds. The van der Waals surface area contributed by atoms with Crippen LogP contribution in [0.1, 0.15) is 54.9 Å². The van der Waals surface area contributed by atoms with Gasteiger partial charge in [-0.05, 0) is 100.0 Å². The van der Waals surface area contributed by atoms with Gasteiger partial charge in [0, 0.05) is 48.5 Å². The number of carbonyl (C=O) groups is 2. The van der Waals surface area contributed by atoms with E-state index in [-0.39, 0.29) is 23.7 Å². The van der Waals surface area contributed by atoms with Gasteiger partial charge in [-0.1, -0.05) is 11.6 Å². The van der Waals surface area contributed by atoms with Gasteiger partial charge in [-0.2, -0.15) is 5.26 Å². The molecule has 0 saturated carbocycles. The minimum absolute atomic E-state index is 0.0287. The third-order valence-corrected chi connectivity index (χ3v) is 9.14. The van der Waals surface area contributed by atoms with Crippen LogP contribution in [-0.4, -0.2) is 67.1 Å². The number of likely N-dealkylation sites (tertiary alicyclic amines) is 1. The van der Waals surface area contributed by atoms with Gasteiger partial charge in [-0.25, -0.2) is 0 Å². The third-order valence-electron chi connectivity index (χ3n) is 8.83. The molecule has 1 atom stereocenters. The quantitative estimate of drug-likeness (QED) is 0.517. The van der Waals surface area contributed by atoms with E-state index in [4.69, 9.17) is 16.7 Å². The van der Waals surface area contributed by atoms with Gasteiger partial charge in [0.25, 0.3) is 0 Å². The molecule has 0 bridgehead atoms. The van der Waals surface area contributed by atoms with Crippen LogP contribution in [0.25, 0.3) is 0 Å². The van der Waals surface area contributed by atoms with Crippen LogP contribution in [0.5, 0.6) is 0 Å². The van der Waals surface area contributed by atoms with Gasteiger partial charge in [0.05, 0.1) is 17.1 Å². The van der Waals surface area contributed by atoms with Gasteiger partial charge in [0.2, 0.25) is 0 Å². The number of carbonyl (C=O) groups excluding carboxylic acids is 1.